The average molecular weight is 1170 g/mol. The number of thiazole rings is 1. The summed E-state index contributed by atoms with van der Waals surface area (Å²) >= 11 is 1.59. The molecule has 2 bridgehead atoms. The Hall–Kier alpha value is -7.46. The zero-order valence-electron chi connectivity index (χ0n) is 48.9. The summed E-state index contributed by atoms with van der Waals surface area (Å²) in [5, 5.41) is 36.0. The molecule has 4 unspecified atom stereocenters. The first-order valence-corrected chi connectivity index (χ1v) is 31.3. The molecule has 3 aromatic carbocycles. The standard InChI is InChI=1S/C64H74N12O8S/c1-35(2)53(61(80)75-31-46(78)26-50(75)60(79)67-37(4)39-10-12-40(13-11-39)58-38(5)66-34-85-58)51-27-52(71-84-51)72-20-22-73(23-21-72)63(81)82-32-44-16-18-64(17-7-19-76(44)64)33-83-62-69-57-49(59(70-62)74-29-42-14-15-43(30-74)68-42)28-65-56-48-25-45(77)24-41-8-6-9-47(55(41)48)36(3)54(56)57/h6,8-13,24-25,27-28,34-37,42-44,46,50,53,68,77-78H,7,14-23,26,29-33H2,1-5H3,(H,67,79)/t36?,37?,42?,43?,44-,46-,50+,53-,64+/m1/s1. The number of aryl methyl sites for hydroxylation is 1. The molecule has 14 rings (SSSR count). The maximum atomic E-state index is 14.5. The molecule has 444 valence electrons. The van der Waals surface area contributed by atoms with E-state index in [1.54, 1.807) is 22.3 Å². The van der Waals surface area contributed by atoms with Gasteiger partial charge in [-0.3, -0.25) is 19.5 Å². The van der Waals surface area contributed by atoms with E-state index in [-0.39, 0.29) is 72.7 Å². The first-order chi connectivity index (χ1) is 41.2. The molecule has 4 aromatic heterocycles. The number of nitrogens with zero attached hydrogens (tertiary/aromatic N) is 10. The first kappa shape index (κ1) is 55.4. The number of likely N-dealkylation sites (tertiary alicyclic amines) is 1. The molecule has 0 saturated carbocycles. The van der Waals surface area contributed by atoms with Crippen molar-refractivity contribution in [3.63, 3.8) is 0 Å². The number of anilines is 2. The lowest BCUT2D eigenvalue weighted by Crippen LogP contribution is -2.51. The smallest absolute Gasteiger partial charge is 0.409 e. The van der Waals surface area contributed by atoms with Crippen LogP contribution in [0.25, 0.3) is 43.4 Å². The number of piperazine rings is 2. The van der Waals surface area contributed by atoms with E-state index in [1.165, 1.54) is 10.5 Å². The van der Waals surface area contributed by atoms with E-state index < -0.39 is 18.1 Å². The Morgan fingerprint density at radius 3 is 2.49 bits per heavy atom. The molecule has 4 N–H and O–H groups in total. The number of benzene rings is 3. The van der Waals surface area contributed by atoms with Crippen molar-refractivity contribution >= 4 is 62.6 Å². The van der Waals surface area contributed by atoms with Gasteiger partial charge in [0.1, 0.15) is 36.7 Å². The Kier molecular flexibility index (Phi) is 14.4. The highest BCUT2D eigenvalue weighted by Crippen LogP contribution is 2.49. The van der Waals surface area contributed by atoms with E-state index in [1.807, 2.05) is 86.8 Å². The molecule has 1 aliphatic carbocycles. The minimum absolute atomic E-state index is 0.0165. The van der Waals surface area contributed by atoms with Gasteiger partial charge in [-0.1, -0.05) is 68.4 Å². The van der Waals surface area contributed by atoms with Gasteiger partial charge in [-0.05, 0) is 104 Å². The van der Waals surface area contributed by atoms with Crippen LogP contribution in [-0.2, 0) is 14.3 Å². The number of pyridine rings is 1. The number of hydrogen-bond donors (Lipinski definition) is 4. The molecule has 10 heterocycles. The summed E-state index contributed by atoms with van der Waals surface area (Å²) in [7, 11) is 0. The Balaban J connectivity index is 0.605. The zero-order chi connectivity index (χ0) is 58.4. The number of β-amino-alcohol motifs (C(OH)–C–C–N with tert-alkyl or cyclic N) is 1. The van der Waals surface area contributed by atoms with Gasteiger partial charge in [-0.2, -0.15) is 9.97 Å². The van der Waals surface area contributed by atoms with Crippen molar-refractivity contribution in [1.29, 1.82) is 0 Å². The molecular weight excluding hydrogens is 1100 g/mol. The highest BCUT2D eigenvalue weighted by atomic mass is 32.1. The molecule has 6 saturated heterocycles. The van der Waals surface area contributed by atoms with Gasteiger partial charge in [0.25, 0.3) is 0 Å². The summed E-state index contributed by atoms with van der Waals surface area (Å²) in [4.78, 5) is 73.5. The molecule has 0 spiro atoms. The molecule has 9 atom stereocenters. The number of aliphatic hydroxyl groups excluding tert-OH is 1. The summed E-state index contributed by atoms with van der Waals surface area (Å²) in [5.74, 6) is 0.415. The monoisotopic (exact) mass is 1170 g/mol. The third kappa shape index (κ3) is 10.1. The maximum Gasteiger partial charge on any atom is 0.409 e. The lowest BCUT2D eigenvalue weighted by atomic mass is 9.79. The number of carbonyl (C=O) groups excluding carboxylic acids is 3. The first-order valence-electron chi connectivity index (χ1n) is 30.5. The molecule has 3 amide bonds. The van der Waals surface area contributed by atoms with Gasteiger partial charge in [0.2, 0.25) is 11.8 Å². The number of aromatic hydroxyl groups is 1. The Morgan fingerprint density at radius 1 is 0.929 bits per heavy atom. The lowest BCUT2D eigenvalue weighted by molar-refractivity contribution is -0.141. The second-order valence-corrected chi connectivity index (χ2v) is 26.0. The topological polar surface area (TPSA) is 228 Å². The Labute approximate surface area is 497 Å². The van der Waals surface area contributed by atoms with Crippen molar-refractivity contribution in [2.75, 3.05) is 75.4 Å². The molecule has 85 heavy (non-hydrogen) atoms. The fourth-order valence-corrected chi connectivity index (χ4v) is 16.0. The molecule has 6 aliphatic heterocycles. The fraction of sp³-hybridized carbons (Fsp3) is 0.500. The fourth-order valence-electron chi connectivity index (χ4n) is 15.2. The van der Waals surface area contributed by atoms with E-state index in [4.69, 9.17) is 28.9 Å². The summed E-state index contributed by atoms with van der Waals surface area (Å²) in [5.41, 5.74) is 9.29. The molecule has 7 aromatic rings. The SMILES string of the molecule is Cc1ncsc1-c1ccc(C(C)NC(=O)[C@@H]2C[C@@H](O)CN2C(=O)[C@@H](c2cc(N3CCN(C(=O)OC[C@H]4CC[C@]5(COc6nc(N7CC8CCC(C7)N8)c7cnc8c(c7n6)C(C)c6cccc7cc(O)cc-8c67)CCCN45)CC3)no2)C(C)C)cc1. The molecule has 7 aliphatic rings. The van der Waals surface area contributed by atoms with Crippen molar-refractivity contribution in [3.05, 3.63) is 101 Å². The number of rotatable bonds is 14. The van der Waals surface area contributed by atoms with E-state index in [0.717, 1.165) is 124 Å². The molecule has 20 nitrogen and oxygen atoms in total. The predicted octanol–water partition coefficient (Wildman–Crippen LogP) is 8.29. The van der Waals surface area contributed by atoms with Crippen LogP contribution >= 0.6 is 11.3 Å². The number of phenolic OH excluding ortho intramolecular Hbond substituents is 1. The van der Waals surface area contributed by atoms with Gasteiger partial charge in [-0.25, -0.2) is 9.78 Å². The highest BCUT2D eigenvalue weighted by Gasteiger charge is 2.51. The normalized spacial score (nSPS) is 25.2. The highest BCUT2D eigenvalue weighted by molar-refractivity contribution is 7.13. The maximum absolute atomic E-state index is 14.5. The average Bonchev–Trinajstić information content (AvgIpc) is 1.94. The minimum atomic E-state index is -0.854. The molecule has 6 fully saturated rings. The number of aliphatic hydroxyl groups is 1. The second kappa shape index (κ2) is 22.1. The summed E-state index contributed by atoms with van der Waals surface area (Å²) in [6.07, 6.45) is 6.87. The second-order valence-electron chi connectivity index (χ2n) is 25.2. The Bertz CT molecular complexity index is 3710. The third-order valence-electron chi connectivity index (χ3n) is 19.6. The summed E-state index contributed by atoms with van der Waals surface area (Å²) in [6.45, 7) is 15.1. The van der Waals surface area contributed by atoms with Crippen molar-refractivity contribution in [1.82, 2.24) is 50.4 Å². The lowest BCUT2D eigenvalue weighted by Gasteiger charge is -2.36. The van der Waals surface area contributed by atoms with Gasteiger partial charge < -0.3 is 54.4 Å². The van der Waals surface area contributed by atoms with Crippen LogP contribution in [-0.4, -0.2) is 169 Å². The van der Waals surface area contributed by atoms with Crippen LogP contribution in [0, 0.1) is 12.8 Å². The van der Waals surface area contributed by atoms with E-state index in [0.29, 0.717) is 62.5 Å². The van der Waals surface area contributed by atoms with Crippen molar-refractivity contribution < 1.29 is 38.6 Å². The van der Waals surface area contributed by atoms with E-state index >= 15 is 0 Å². The van der Waals surface area contributed by atoms with Gasteiger partial charge in [0.05, 0.1) is 50.4 Å². The van der Waals surface area contributed by atoms with E-state index in [2.05, 4.69) is 49.6 Å². The van der Waals surface area contributed by atoms with Gasteiger partial charge in [0, 0.05) is 99.7 Å². The van der Waals surface area contributed by atoms with Crippen LogP contribution in [0.1, 0.15) is 119 Å². The number of fused-ring (bicyclic) bond motifs is 7. The number of aromatic nitrogens is 5. The van der Waals surface area contributed by atoms with Crippen LogP contribution < -0.4 is 25.2 Å². The van der Waals surface area contributed by atoms with Crippen LogP contribution in [0.4, 0.5) is 16.4 Å². The summed E-state index contributed by atoms with van der Waals surface area (Å²) < 4.78 is 18.9. The van der Waals surface area contributed by atoms with Crippen LogP contribution in [0.15, 0.2) is 76.9 Å². The van der Waals surface area contributed by atoms with Crippen molar-refractivity contribution in [3.8, 4) is 33.5 Å². The Morgan fingerprint density at radius 2 is 1.73 bits per heavy atom. The quantitative estimate of drug-likeness (QED) is 0.0803. The molecule has 0 radical (unpaired) electrons. The number of carbonyl (C=O) groups is 3. The summed E-state index contributed by atoms with van der Waals surface area (Å²) in [6, 6.07) is 19.8. The van der Waals surface area contributed by atoms with Gasteiger partial charge in [-0.15, -0.1) is 11.3 Å². The van der Waals surface area contributed by atoms with Crippen LogP contribution in [0.3, 0.4) is 0 Å². The largest absolute Gasteiger partial charge is 0.508 e. The molecular formula is C64H74N12O8S. The van der Waals surface area contributed by atoms with E-state index in [9.17, 15) is 24.6 Å². The number of ether oxygens (including phenoxy) is 2. The van der Waals surface area contributed by atoms with Gasteiger partial charge >= 0.3 is 12.1 Å². The van der Waals surface area contributed by atoms with Crippen molar-refractivity contribution in [2.45, 2.75) is 133 Å². The number of phenols is 1. The number of hydrogen-bond acceptors (Lipinski definition) is 18. The molecule has 21 heteroatoms. The van der Waals surface area contributed by atoms with Crippen molar-refractivity contribution in [2.24, 2.45) is 5.92 Å². The minimum Gasteiger partial charge on any atom is -0.508 e. The third-order valence-corrected chi connectivity index (χ3v) is 20.5. The number of nitrogens with one attached hydrogen (secondary N) is 2. The zero-order valence-corrected chi connectivity index (χ0v) is 49.7. The van der Waals surface area contributed by atoms with Crippen LogP contribution in [0.2, 0.25) is 0 Å². The number of amides is 3. The van der Waals surface area contributed by atoms with Gasteiger partial charge in [0.15, 0.2) is 11.6 Å². The van der Waals surface area contributed by atoms with Crippen LogP contribution in [0.5, 0.6) is 11.8 Å². The predicted molar refractivity (Wildman–Crippen MR) is 323 cm³/mol.